The number of carbonyl (C=O) groups is 1. The highest BCUT2D eigenvalue weighted by Crippen LogP contribution is 2.23. The van der Waals surface area contributed by atoms with Gasteiger partial charge in [0.2, 0.25) is 15.9 Å². The summed E-state index contributed by atoms with van der Waals surface area (Å²) in [6.07, 6.45) is 0.201. The van der Waals surface area contributed by atoms with Gasteiger partial charge in [0.25, 0.3) is 0 Å². The summed E-state index contributed by atoms with van der Waals surface area (Å²) in [5, 5.41) is 5.86. The van der Waals surface area contributed by atoms with Gasteiger partial charge in [-0.15, -0.1) is 11.3 Å². The number of benzene rings is 2. The van der Waals surface area contributed by atoms with Crippen molar-refractivity contribution in [3.8, 4) is 11.3 Å². The van der Waals surface area contributed by atoms with Crippen LogP contribution in [0.3, 0.4) is 0 Å². The van der Waals surface area contributed by atoms with Crippen LogP contribution in [-0.4, -0.2) is 61.2 Å². The lowest BCUT2D eigenvalue weighted by atomic mass is 10.1. The van der Waals surface area contributed by atoms with Crippen LogP contribution in [0.1, 0.15) is 17.5 Å². The molecule has 0 unspecified atom stereocenters. The van der Waals surface area contributed by atoms with E-state index >= 15 is 0 Å². The zero-order valence-corrected chi connectivity index (χ0v) is 20.5. The Morgan fingerprint density at radius 2 is 1.82 bits per heavy atom. The minimum atomic E-state index is -3.59. The molecule has 2 heterocycles. The van der Waals surface area contributed by atoms with Crippen LogP contribution >= 0.6 is 11.3 Å². The zero-order chi connectivity index (χ0) is 23.4. The summed E-state index contributed by atoms with van der Waals surface area (Å²) in [7, 11) is -3.59. The van der Waals surface area contributed by atoms with Crippen LogP contribution in [0.25, 0.3) is 11.3 Å². The van der Waals surface area contributed by atoms with Crippen molar-refractivity contribution in [2.24, 2.45) is 0 Å². The number of nitrogens with zero attached hydrogens (tertiary/aromatic N) is 3. The highest BCUT2D eigenvalue weighted by molar-refractivity contribution is 7.89. The van der Waals surface area contributed by atoms with E-state index in [1.165, 1.54) is 10.4 Å². The number of piperazine rings is 1. The Morgan fingerprint density at radius 1 is 1.09 bits per heavy atom. The third-order valence-corrected chi connectivity index (χ3v) is 8.44. The molecule has 1 fully saturated rings. The van der Waals surface area contributed by atoms with Gasteiger partial charge in [0.05, 0.1) is 22.0 Å². The molecule has 0 radical (unpaired) electrons. The highest BCUT2D eigenvalue weighted by Gasteiger charge is 2.28. The number of rotatable bonds is 7. The standard InChI is InChI=1S/C24H28N4O3S2/c1-3-27-11-13-28(14-12-27)33(30,31)22-6-4-5-21(16-22)26-24(29)15-19-7-9-20(10-8-19)23-17-32-18(2)25-23/h4-10,16-17H,3,11-15H2,1-2H3,(H,26,29). The average molecular weight is 485 g/mol. The van der Waals surface area contributed by atoms with Gasteiger partial charge in [-0.05, 0) is 37.2 Å². The summed E-state index contributed by atoms with van der Waals surface area (Å²) in [6.45, 7) is 7.38. The molecular formula is C24H28N4O3S2. The Balaban J connectivity index is 1.39. The minimum absolute atomic E-state index is 0.196. The molecule has 1 aliphatic heterocycles. The molecular weight excluding hydrogens is 456 g/mol. The first-order valence-corrected chi connectivity index (χ1v) is 13.3. The predicted molar refractivity (Wildman–Crippen MR) is 132 cm³/mol. The van der Waals surface area contributed by atoms with E-state index < -0.39 is 10.0 Å². The van der Waals surface area contributed by atoms with E-state index in [-0.39, 0.29) is 17.2 Å². The van der Waals surface area contributed by atoms with Gasteiger partial charge in [0, 0.05) is 42.8 Å². The average Bonchev–Trinajstić information content (AvgIpc) is 3.26. The van der Waals surface area contributed by atoms with E-state index in [4.69, 9.17) is 0 Å². The lowest BCUT2D eigenvalue weighted by molar-refractivity contribution is -0.115. The van der Waals surface area contributed by atoms with E-state index in [0.29, 0.717) is 18.8 Å². The largest absolute Gasteiger partial charge is 0.326 e. The quantitative estimate of drug-likeness (QED) is 0.554. The topological polar surface area (TPSA) is 82.6 Å². The third-order valence-electron chi connectivity index (χ3n) is 5.77. The number of likely N-dealkylation sites (N-methyl/N-ethyl adjacent to an activating group) is 1. The van der Waals surface area contributed by atoms with Crippen LogP contribution in [0.2, 0.25) is 0 Å². The molecule has 3 aromatic rings. The monoisotopic (exact) mass is 484 g/mol. The molecule has 0 bridgehead atoms. The van der Waals surface area contributed by atoms with Crippen molar-refractivity contribution in [3.63, 3.8) is 0 Å². The van der Waals surface area contributed by atoms with Crippen molar-refractivity contribution < 1.29 is 13.2 Å². The van der Waals surface area contributed by atoms with E-state index in [0.717, 1.165) is 41.5 Å². The van der Waals surface area contributed by atoms with Crippen molar-refractivity contribution in [3.05, 3.63) is 64.5 Å². The number of amides is 1. The predicted octanol–water partition coefficient (Wildman–Crippen LogP) is 3.63. The SMILES string of the molecule is CCN1CCN(S(=O)(=O)c2cccc(NC(=O)Cc3ccc(-c4csc(C)n4)cc3)c2)CC1. The lowest BCUT2D eigenvalue weighted by Gasteiger charge is -2.33. The summed E-state index contributed by atoms with van der Waals surface area (Å²) >= 11 is 1.60. The van der Waals surface area contributed by atoms with Crippen LogP contribution in [0.4, 0.5) is 5.69 Å². The maximum atomic E-state index is 13.1. The van der Waals surface area contributed by atoms with E-state index in [2.05, 4.69) is 22.1 Å². The minimum Gasteiger partial charge on any atom is -0.326 e. The zero-order valence-electron chi connectivity index (χ0n) is 18.8. The van der Waals surface area contributed by atoms with Gasteiger partial charge in [-0.1, -0.05) is 37.3 Å². The molecule has 2 aromatic carbocycles. The summed E-state index contributed by atoms with van der Waals surface area (Å²) in [4.78, 5) is 19.5. The Bertz CT molecular complexity index is 1210. The molecule has 33 heavy (non-hydrogen) atoms. The fourth-order valence-electron chi connectivity index (χ4n) is 3.85. The second kappa shape index (κ2) is 10.1. The van der Waals surface area contributed by atoms with Gasteiger partial charge in [0.1, 0.15) is 0 Å². The Hall–Kier alpha value is -2.59. The lowest BCUT2D eigenvalue weighted by Crippen LogP contribution is -2.48. The van der Waals surface area contributed by atoms with E-state index in [9.17, 15) is 13.2 Å². The molecule has 7 nitrogen and oxygen atoms in total. The molecule has 1 saturated heterocycles. The van der Waals surface area contributed by atoms with Gasteiger partial charge in [0.15, 0.2) is 0 Å². The number of hydrogen-bond donors (Lipinski definition) is 1. The van der Waals surface area contributed by atoms with E-state index in [1.54, 1.807) is 29.5 Å². The second-order valence-electron chi connectivity index (χ2n) is 8.04. The van der Waals surface area contributed by atoms with Crippen LogP contribution in [0, 0.1) is 6.92 Å². The molecule has 9 heteroatoms. The summed E-state index contributed by atoms with van der Waals surface area (Å²) in [5.74, 6) is -0.196. The molecule has 0 spiro atoms. The number of aromatic nitrogens is 1. The van der Waals surface area contributed by atoms with Gasteiger partial charge >= 0.3 is 0 Å². The number of anilines is 1. The summed E-state index contributed by atoms with van der Waals surface area (Å²) < 4.78 is 27.6. The van der Waals surface area contributed by atoms with Crippen molar-refractivity contribution in [2.45, 2.75) is 25.2 Å². The molecule has 1 aliphatic rings. The van der Waals surface area contributed by atoms with Crippen molar-refractivity contribution in [1.29, 1.82) is 0 Å². The van der Waals surface area contributed by atoms with Gasteiger partial charge in [-0.2, -0.15) is 4.31 Å². The first-order chi connectivity index (χ1) is 15.8. The molecule has 4 rings (SSSR count). The van der Waals surface area contributed by atoms with Crippen LogP contribution in [-0.2, 0) is 21.2 Å². The Labute approximate surface area is 199 Å². The maximum Gasteiger partial charge on any atom is 0.243 e. The van der Waals surface area contributed by atoms with E-state index in [1.807, 2.05) is 36.6 Å². The maximum absolute atomic E-state index is 13.1. The van der Waals surface area contributed by atoms with Crippen molar-refractivity contribution in [1.82, 2.24) is 14.2 Å². The number of sulfonamides is 1. The van der Waals surface area contributed by atoms with Crippen LogP contribution in [0.15, 0.2) is 58.8 Å². The van der Waals surface area contributed by atoms with Crippen molar-refractivity contribution >= 4 is 33.0 Å². The van der Waals surface area contributed by atoms with Crippen LogP contribution in [0.5, 0.6) is 0 Å². The number of carbonyl (C=O) groups excluding carboxylic acids is 1. The summed E-state index contributed by atoms with van der Waals surface area (Å²) in [5.41, 5.74) is 3.30. The molecule has 1 aromatic heterocycles. The molecule has 0 aliphatic carbocycles. The molecule has 174 valence electrons. The number of hydrogen-bond acceptors (Lipinski definition) is 6. The first-order valence-electron chi connectivity index (χ1n) is 11.0. The molecule has 0 atom stereocenters. The van der Waals surface area contributed by atoms with Gasteiger partial charge < -0.3 is 10.2 Å². The number of thiazole rings is 1. The number of aryl methyl sites for hydroxylation is 1. The molecule has 1 amide bonds. The summed E-state index contributed by atoms with van der Waals surface area (Å²) in [6, 6.07) is 14.2. The van der Waals surface area contributed by atoms with Gasteiger partial charge in [-0.3, -0.25) is 4.79 Å². The highest BCUT2D eigenvalue weighted by atomic mass is 32.2. The Morgan fingerprint density at radius 3 is 2.45 bits per heavy atom. The molecule has 1 N–H and O–H groups in total. The second-order valence-corrected chi connectivity index (χ2v) is 11.0. The van der Waals surface area contributed by atoms with Crippen LogP contribution < -0.4 is 5.32 Å². The smallest absolute Gasteiger partial charge is 0.243 e. The third kappa shape index (κ3) is 5.67. The first kappa shape index (κ1) is 23.6. The normalized spacial score (nSPS) is 15.5. The van der Waals surface area contributed by atoms with Gasteiger partial charge in [-0.25, -0.2) is 13.4 Å². The number of nitrogens with one attached hydrogen (secondary N) is 1. The molecule has 0 saturated carbocycles. The Kier molecular flexibility index (Phi) is 7.23. The van der Waals surface area contributed by atoms with Crippen molar-refractivity contribution in [2.75, 3.05) is 38.0 Å². The fraction of sp³-hybridized carbons (Fsp3) is 0.333. The fourth-order valence-corrected chi connectivity index (χ4v) is 5.94.